The molecule has 0 amide bonds. The molecule has 0 aliphatic rings. The van der Waals surface area contributed by atoms with Gasteiger partial charge in [0, 0.05) is 24.6 Å². The number of nitrogens with two attached hydrogens (primary N) is 1. The lowest BCUT2D eigenvalue weighted by atomic mass is 10.2. The highest BCUT2D eigenvalue weighted by Gasteiger charge is 2.05. The van der Waals surface area contributed by atoms with Crippen LogP contribution in [0.5, 0.6) is 11.5 Å². The van der Waals surface area contributed by atoms with Gasteiger partial charge in [-0.25, -0.2) is 8.78 Å². The second-order valence-electron chi connectivity index (χ2n) is 4.44. The lowest BCUT2D eigenvalue weighted by molar-refractivity contribution is 0.239. The summed E-state index contributed by atoms with van der Waals surface area (Å²) in [6.45, 7) is 1.06. The van der Waals surface area contributed by atoms with Crippen molar-refractivity contribution in [2.45, 2.75) is 13.0 Å². The SMILES string of the molecule is NCc1ccccc1OCCCOc1cc(F)ccc1F. The van der Waals surface area contributed by atoms with Gasteiger partial charge in [-0.15, -0.1) is 0 Å². The summed E-state index contributed by atoms with van der Waals surface area (Å²) in [5, 5.41) is 0. The maximum absolute atomic E-state index is 13.3. The van der Waals surface area contributed by atoms with Crippen LogP contribution in [-0.4, -0.2) is 13.2 Å². The summed E-state index contributed by atoms with van der Waals surface area (Å²) in [7, 11) is 0. The molecule has 0 heterocycles. The zero-order chi connectivity index (χ0) is 15.1. The highest BCUT2D eigenvalue weighted by atomic mass is 19.1. The summed E-state index contributed by atoms with van der Waals surface area (Å²) in [4.78, 5) is 0. The van der Waals surface area contributed by atoms with Crippen molar-refractivity contribution in [1.82, 2.24) is 0 Å². The minimum Gasteiger partial charge on any atom is -0.493 e. The van der Waals surface area contributed by atoms with E-state index in [1.54, 1.807) is 0 Å². The molecule has 0 saturated carbocycles. The molecule has 2 aromatic rings. The Hall–Kier alpha value is -2.14. The molecular formula is C16H17F2NO2. The Balaban J connectivity index is 1.76. The van der Waals surface area contributed by atoms with Crippen LogP contribution in [0.25, 0.3) is 0 Å². The molecule has 112 valence electrons. The molecule has 0 atom stereocenters. The smallest absolute Gasteiger partial charge is 0.165 e. The van der Waals surface area contributed by atoms with Gasteiger partial charge in [-0.05, 0) is 18.2 Å². The molecule has 0 fully saturated rings. The minimum atomic E-state index is -0.578. The molecule has 0 saturated heterocycles. The lowest BCUT2D eigenvalue weighted by Gasteiger charge is -2.11. The van der Waals surface area contributed by atoms with Gasteiger partial charge >= 0.3 is 0 Å². The Morgan fingerprint density at radius 3 is 2.38 bits per heavy atom. The van der Waals surface area contributed by atoms with E-state index >= 15 is 0 Å². The molecular weight excluding hydrogens is 276 g/mol. The van der Waals surface area contributed by atoms with E-state index in [1.807, 2.05) is 24.3 Å². The van der Waals surface area contributed by atoms with Gasteiger partial charge in [0.15, 0.2) is 11.6 Å². The molecule has 0 aromatic heterocycles. The number of hydrogen-bond donors (Lipinski definition) is 1. The normalized spacial score (nSPS) is 10.4. The first kappa shape index (κ1) is 15.3. The van der Waals surface area contributed by atoms with Crippen molar-refractivity contribution in [1.29, 1.82) is 0 Å². The molecule has 2 rings (SSSR count). The van der Waals surface area contributed by atoms with Gasteiger partial charge in [-0.2, -0.15) is 0 Å². The van der Waals surface area contributed by atoms with Crippen LogP contribution in [-0.2, 0) is 6.54 Å². The monoisotopic (exact) mass is 293 g/mol. The molecule has 3 nitrogen and oxygen atoms in total. The van der Waals surface area contributed by atoms with E-state index in [9.17, 15) is 8.78 Å². The first-order chi connectivity index (χ1) is 10.2. The quantitative estimate of drug-likeness (QED) is 0.797. The number of halogens is 2. The lowest BCUT2D eigenvalue weighted by Crippen LogP contribution is -2.08. The van der Waals surface area contributed by atoms with Gasteiger partial charge in [0.1, 0.15) is 11.6 Å². The van der Waals surface area contributed by atoms with Crippen LogP contribution < -0.4 is 15.2 Å². The van der Waals surface area contributed by atoms with E-state index in [-0.39, 0.29) is 12.4 Å². The third-order valence-electron chi connectivity index (χ3n) is 2.89. The van der Waals surface area contributed by atoms with Crippen molar-refractivity contribution in [2.24, 2.45) is 5.73 Å². The topological polar surface area (TPSA) is 44.5 Å². The van der Waals surface area contributed by atoms with Crippen molar-refractivity contribution in [3.8, 4) is 11.5 Å². The van der Waals surface area contributed by atoms with Crippen LogP contribution in [0.1, 0.15) is 12.0 Å². The predicted molar refractivity (Wildman–Crippen MR) is 76.3 cm³/mol. The molecule has 2 aromatic carbocycles. The van der Waals surface area contributed by atoms with Gasteiger partial charge in [0.05, 0.1) is 13.2 Å². The van der Waals surface area contributed by atoms with Gasteiger partial charge in [0.25, 0.3) is 0 Å². The van der Waals surface area contributed by atoms with Gasteiger partial charge in [-0.1, -0.05) is 18.2 Å². The molecule has 5 heteroatoms. The van der Waals surface area contributed by atoms with Crippen LogP contribution in [0.2, 0.25) is 0 Å². The Morgan fingerprint density at radius 1 is 0.905 bits per heavy atom. The van der Waals surface area contributed by atoms with E-state index in [1.165, 1.54) is 0 Å². The molecule has 2 N–H and O–H groups in total. The third-order valence-corrected chi connectivity index (χ3v) is 2.89. The molecule has 0 bridgehead atoms. The highest BCUT2D eigenvalue weighted by Crippen LogP contribution is 2.19. The second-order valence-corrected chi connectivity index (χ2v) is 4.44. The number of para-hydroxylation sites is 1. The summed E-state index contributed by atoms with van der Waals surface area (Å²) in [5.41, 5.74) is 6.53. The van der Waals surface area contributed by atoms with E-state index in [0.717, 1.165) is 29.5 Å². The maximum atomic E-state index is 13.3. The zero-order valence-electron chi connectivity index (χ0n) is 11.5. The zero-order valence-corrected chi connectivity index (χ0v) is 11.5. The van der Waals surface area contributed by atoms with Crippen molar-refractivity contribution in [2.75, 3.05) is 13.2 Å². The Kier molecular flexibility index (Phi) is 5.51. The number of ether oxygens (including phenoxy) is 2. The van der Waals surface area contributed by atoms with Crippen molar-refractivity contribution in [3.05, 3.63) is 59.7 Å². The molecule has 0 radical (unpaired) electrons. The first-order valence-electron chi connectivity index (χ1n) is 6.69. The number of hydrogen-bond acceptors (Lipinski definition) is 3. The van der Waals surface area contributed by atoms with Gasteiger partial charge in [0.2, 0.25) is 0 Å². The summed E-state index contributed by atoms with van der Waals surface area (Å²) < 4.78 is 37.0. The van der Waals surface area contributed by atoms with Crippen molar-refractivity contribution < 1.29 is 18.3 Å². The Morgan fingerprint density at radius 2 is 1.62 bits per heavy atom. The minimum absolute atomic E-state index is 0.0858. The van der Waals surface area contributed by atoms with Crippen molar-refractivity contribution >= 4 is 0 Å². The fourth-order valence-corrected chi connectivity index (χ4v) is 1.82. The van der Waals surface area contributed by atoms with Crippen molar-refractivity contribution in [3.63, 3.8) is 0 Å². The average molecular weight is 293 g/mol. The summed E-state index contributed by atoms with van der Waals surface area (Å²) in [5.74, 6) is -0.459. The fraction of sp³-hybridized carbons (Fsp3) is 0.250. The summed E-state index contributed by atoms with van der Waals surface area (Å²) in [6, 6.07) is 10.6. The molecule has 0 unspecified atom stereocenters. The number of benzene rings is 2. The molecule has 0 aliphatic heterocycles. The van der Waals surface area contributed by atoms with Crippen LogP contribution >= 0.6 is 0 Å². The van der Waals surface area contributed by atoms with Crippen LogP contribution in [0, 0.1) is 11.6 Å². The molecule has 0 aliphatic carbocycles. The third kappa shape index (κ3) is 4.43. The second kappa shape index (κ2) is 7.59. The summed E-state index contributed by atoms with van der Waals surface area (Å²) in [6.07, 6.45) is 0.550. The fourth-order valence-electron chi connectivity index (χ4n) is 1.82. The van der Waals surface area contributed by atoms with E-state index in [0.29, 0.717) is 19.6 Å². The van der Waals surface area contributed by atoms with E-state index in [4.69, 9.17) is 15.2 Å². The number of rotatable bonds is 7. The first-order valence-corrected chi connectivity index (χ1v) is 6.69. The van der Waals surface area contributed by atoms with E-state index < -0.39 is 11.6 Å². The van der Waals surface area contributed by atoms with Crippen LogP contribution in [0.3, 0.4) is 0 Å². The van der Waals surface area contributed by atoms with E-state index in [2.05, 4.69) is 0 Å². The van der Waals surface area contributed by atoms with Crippen LogP contribution in [0.15, 0.2) is 42.5 Å². The highest BCUT2D eigenvalue weighted by molar-refractivity contribution is 5.32. The largest absolute Gasteiger partial charge is 0.493 e. The Bertz CT molecular complexity index is 590. The molecule has 21 heavy (non-hydrogen) atoms. The van der Waals surface area contributed by atoms with Crippen LogP contribution in [0.4, 0.5) is 8.78 Å². The maximum Gasteiger partial charge on any atom is 0.165 e. The predicted octanol–water partition coefficient (Wildman–Crippen LogP) is 3.27. The standard InChI is InChI=1S/C16H17F2NO2/c17-13-6-7-14(18)16(10-13)21-9-3-8-20-15-5-2-1-4-12(15)11-19/h1-2,4-7,10H,3,8-9,11,19H2. The Labute approximate surface area is 122 Å². The summed E-state index contributed by atoms with van der Waals surface area (Å²) >= 11 is 0. The van der Waals surface area contributed by atoms with Gasteiger partial charge < -0.3 is 15.2 Å². The van der Waals surface area contributed by atoms with Gasteiger partial charge in [-0.3, -0.25) is 0 Å². The average Bonchev–Trinajstić information content (AvgIpc) is 2.50. The molecule has 0 spiro atoms.